The van der Waals surface area contributed by atoms with Crippen molar-refractivity contribution in [2.24, 2.45) is 0 Å². The predicted molar refractivity (Wildman–Crippen MR) is 61.9 cm³/mol. The first kappa shape index (κ1) is 14.9. The van der Waals surface area contributed by atoms with Crippen molar-refractivity contribution in [1.29, 1.82) is 0 Å². The number of benzene rings is 1. The summed E-state index contributed by atoms with van der Waals surface area (Å²) in [6.45, 7) is -0.891. The Morgan fingerprint density at radius 3 is 2.29 bits per heavy atom. The van der Waals surface area contributed by atoms with E-state index >= 15 is 0 Å². The van der Waals surface area contributed by atoms with Crippen LogP contribution in [-0.4, -0.2) is 20.1 Å². The SMILES string of the molecule is O=[PH](O)OCOS(=O)(=O)c1c(Cl)cccc1Cl. The lowest BCUT2D eigenvalue weighted by atomic mass is 10.4. The standard InChI is InChI=1S/C7H7Cl2O6PS/c8-5-2-1-3-6(9)7(5)17(12,13)15-4-14-16(10)11/h1-3,16H,4H2,(H,10,11). The maximum absolute atomic E-state index is 11.6. The van der Waals surface area contributed by atoms with Crippen LogP contribution in [0.25, 0.3) is 0 Å². The van der Waals surface area contributed by atoms with Crippen molar-refractivity contribution in [1.82, 2.24) is 0 Å². The molecule has 6 nitrogen and oxygen atoms in total. The zero-order chi connectivity index (χ0) is 13.1. The second kappa shape index (κ2) is 6.15. The zero-order valence-electron chi connectivity index (χ0n) is 8.09. The second-order valence-electron chi connectivity index (χ2n) is 2.65. The smallest absolute Gasteiger partial charge is 0.318 e. The molecular formula is C7H7Cl2O6PS. The first-order valence-corrected chi connectivity index (χ1v) is 7.46. The highest BCUT2D eigenvalue weighted by atomic mass is 35.5. The minimum Gasteiger partial charge on any atom is -0.326 e. The molecule has 1 rings (SSSR count). The summed E-state index contributed by atoms with van der Waals surface area (Å²) in [5.74, 6) is 0. The van der Waals surface area contributed by atoms with Crippen LogP contribution in [0.2, 0.25) is 10.0 Å². The molecule has 0 aliphatic carbocycles. The van der Waals surface area contributed by atoms with Gasteiger partial charge in [0.05, 0.1) is 10.0 Å². The Balaban J connectivity index is 2.94. The minimum absolute atomic E-state index is 0.117. The van der Waals surface area contributed by atoms with Crippen molar-refractivity contribution in [2.45, 2.75) is 4.90 Å². The third kappa shape index (κ3) is 4.22. The van der Waals surface area contributed by atoms with E-state index < -0.39 is 30.1 Å². The molecule has 0 heterocycles. The number of hydrogen-bond acceptors (Lipinski definition) is 5. The predicted octanol–water partition coefficient (Wildman–Crippen LogP) is 2.05. The highest BCUT2D eigenvalue weighted by Crippen LogP contribution is 2.30. The molecule has 1 atom stereocenters. The number of halogens is 2. The Hall–Kier alpha value is -0.140. The van der Waals surface area contributed by atoms with Crippen molar-refractivity contribution >= 4 is 41.6 Å². The van der Waals surface area contributed by atoms with E-state index in [0.29, 0.717) is 0 Å². The molecule has 1 unspecified atom stereocenters. The van der Waals surface area contributed by atoms with E-state index in [2.05, 4.69) is 8.71 Å². The van der Waals surface area contributed by atoms with Gasteiger partial charge in [0, 0.05) is 0 Å². The van der Waals surface area contributed by atoms with Crippen LogP contribution >= 0.6 is 31.5 Å². The van der Waals surface area contributed by atoms with Gasteiger partial charge in [0.1, 0.15) is 4.90 Å². The Kier molecular flexibility index (Phi) is 5.40. The van der Waals surface area contributed by atoms with Crippen LogP contribution in [0.1, 0.15) is 0 Å². The Morgan fingerprint density at radius 2 is 1.82 bits per heavy atom. The first-order chi connectivity index (χ1) is 7.84. The summed E-state index contributed by atoms with van der Waals surface area (Å²) in [5, 5.41) is -0.233. The van der Waals surface area contributed by atoms with Gasteiger partial charge in [0.25, 0.3) is 0 Å². The minimum atomic E-state index is -4.24. The molecule has 0 aromatic heterocycles. The maximum atomic E-state index is 11.6. The van der Waals surface area contributed by atoms with E-state index in [9.17, 15) is 13.0 Å². The van der Waals surface area contributed by atoms with Crippen molar-refractivity contribution < 1.29 is 26.6 Å². The lowest BCUT2D eigenvalue weighted by Gasteiger charge is -2.08. The summed E-state index contributed by atoms with van der Waals surface area (Å²) in [5.41, 5.74) is 0. The van der Waals surface area contributed by atoms with Crippen LogP contribution < -0.4 is 0 Å². The van der Waals surface area contributed by atoms with Gasteiger partial charge in [0.15, 0.2) is 6.79 Å². The molecule has 0 bridgehead atoms. The maximum Gasteiger partial charge on any atom is 0.318 e. The van der Waals surface area contributed by atoms with Crippen LogP contribution in [0.4, 0.5) is 0 Å². The molecule has 0 saturated heterocycles. The average Bonchev–Trinajstić information content (AvgIpc) is 2.15. The van der Waals surface area contributed by atoms with Crippen molar-refractivity contribution in [3.63, 3.8) is 0 Å². The highest BCUT2D eigenvalue weighted by molar-refractivity contribution is 7.87. The monoisotopic (exact) mass is 320 g/mol. The largest absolute Gasteiger partial charge is 0.326 e. The van der Waals surface area contributed by atoms with Gasteiger partial charge in [-0.15, -0.1) is 0 Å². The molecular weight excluding hydrogens is 314 g/mol. The molecule has 1 aromatic rings. The summed E-state index contributed by atoms with van der Waals surface area (Å²) < 4.78 is 41.8. The van der Waals surface area contributed by atoms with Gasteiger partial charge in [-0.2, -0.15) is 8.42 Å². The van der Waals surface area contributed by atoms with E-state index in [-0.39, 0.29) is 10.0 Å². The van der Waals surface area contributed by atoms with Crippen LogP contribution in [0.5, 0.6) is 0 Å². The third-order valence-electron chi connectivity index (χ3n) is 1.55. The molecule has 0 aliphatic rings. The quantitative estimate of drug-likeness (QED) is 0.507. The van der Waals surface area contributed by atoms with Gasteiger partial charge in [-0.05, 0) is 12.1 Å². The van der Waals surface area contributed by atoms with Gasteiger partial charge < -0.3 is 4.89 Å². The van der Waals surface area contributed by atoms with Gasteiger partial charge in [0.2, 0.25) is 0 Å². The highest BCUT2D eigenvalue weighted by Gasteiger charge is 2.22. The molecule has 0 radical (unpaired) electrons. The van der Waals surface area contributed by atoms with E-state index in [1.54, 1.807) is 0 Å². The first-order valence-electron chi connectivity index (χ1n) is 4.04. The molecule has 0 fully saturated rings. The molecule has 96 valence electrons. The molecule has 0 spiro atoms. The fourth-order valence-corrected chi connectivity index (χ4v) is 3.03. The fourth-order valence-electron chi connectivity index (χ4n) is 0.918. The zero-order valence-corrected chi connectivity index (χ0v) is 11.4. The molecule has 1 aromatic carbocycles. The Bertz CT molecular complexity index is 511. The summed E-state index contributed by atoms with van der Waals surface area (Å²) in [6, 6.07) is 4.10. The summed E-state index contributed by atoms with van der Waals surface area (Å²) >= 11 is 11.3. The van der Waals surface area contributed by atoms with E-state index in [0.717, 1.165) is 0 Å². The third-order valence-corrected chi connectivity index (χ3v) is 4.12. The van der Waals surface area contributed by atoms with Crippen molar-refractivity contribution in [3.05, 3.63) is 28.2 Å². The normalized spacial score (nSPS) is 13.6. The molecule has 17 heavy (non-hydrogen) atoms. The number of hydrogen-bond donors (Lipinski definition) is 1. The lowest BCUT2D eigenvalue weighted by Crippen LogP contribution is -2.09. The summed E-state index contributed by atoms with van der Waals surface area (Å²) in [6.07, 6.45) is 0. The Morgan fingerprint density at radius 1 is 1.29 bits per heavy atom. The van der Waals surface area contributed by atoms with Crippen molar-refractivity contribution in [2.75, 3.05) is 6.79 Å². The Labute approximate surface area is 108 Å². The van der Waals surface area contributed by atoms with Gasteiger partial charge in [-0.1, -0.05) is 29.3 Å². The van der Waals surface area contributed by atoms with Crippen LogP contribution in [0.15, 0.2) is 23.1 Å². The number of rotatable bonds is 5. The average molecular weight is 321 g/mol. The van der Waals surface area contributed by atoms with Gasteiger partial charge in [-0.3, -0.25) is 9.09 Å². The van der Waals surface area contributed by atoms with Crippen LogP contribution in [0.3, 0.4) is 0 Å². The van der Waals surface area contributed by atoms with E-state index in [4.69, 9.17) is 28.1 Å². The van der Waals surface area contributed by atoms with Crippen LogP contribution in [-0.2, 0) is 23.4 Å². The lowest BCUT2D eigenvalue weighted by molar-refractivity contribution is 0.121. The topological polar surface area (TPSA) is 89.9 Å². The molecule has 0 amide bonds. The molecule has 10 heteroatoms. The van der Waals surface area contributed by atoms with E-state index in [1.807, 2.05) is 0 Å². The molecule has 0 aliphatic heterocycles. The summed E-state index contributed by atoms with van der Waals surface area (Å²) in [4.78, 5) is 7.91. The fraction of sp³-hybridized carbons (Fsp3) is 0.143. The molecule has 0 saturated carbocycles. The van der Waals surface area contributed by atoms with Crippen LogP contribution in [0, 0.1) is 0 Å². The van der Waals surface area contributed by atoms with Gasteiger partial charge in [-0.25, -0.2) is 4.18 Å². The molecule has 1 N–H and O–H groups in total. The second-order valence-corrected chi connectivity index (χ2v) is 5.84. The van der Waals surface area contributed by atoms with Gasteiger partial charge >= 0.3 is 18.4 Å². The van der Waals surface area contributed by atoms with E-state index in [1.165, 1.54) is 18.2 Å². The van der Waals surface area contributed by atoms with Crippen molar-refractivity contribution in [3.8, 4) is 0 Å². The summed E-state index contributed by atoms with van der Waals surface area (Å²) in [7, 11) is -7.50.